The van der Waals surface area contributed by atoms with E-state index in [-0.39, 0.29) is 24.0 Å². The zero-order chi connectivity index (χ0) is 20.7. The summed E-state index contributed by atoms with van der Waals surface area (Å²) in [6.45, 7) is -1.99. The summed E-state index contributed by atoms with van der Waals surface area (Å²) in [5, 5.41) is 0. The van der Waals surface area contributed by atoms with Crippen molar-refractivity contribution >= 4 is 5.91 Å². The maximum absolute atomic E-state index is 13.8. The second-order valence-corrected chi connectivity index (χ2v) is 6.41. The summed E-state index contributed by atoms with van der Waals surface area (Å²) < 4.78 is 47.3. The number of rotatable bonds is 9. The van der Waals surface area contributed by atoms with Gasteiger partial charge in [0.15, 0.2) is 11.6 Å². The van der Waals surface area contributed by atoms with Crippen LogP contribution in [0, 0.1) is 5.82 Å². The second-order valence-electron chi connectivity index (χ2n) is 6.41. The van der Waals surface area contributed by atoms with E-state index in [9.17, 15) is 18.0 Å². The Labute approximate surface area is 162 Å². The van der Waals surface area contributed by atoms with Gasteiger partial charge in [-0.25, -0.2) is 4.39 Å². The molecule has 28 heavy (non-hydrogen) atoms. The molecule has 0 aliphatic heterocycles. The summed E-state index contributed by atoms with van der Waals surface area (Å²) in [4.78, 5) is 15.7. The highest BCUT2D eigenvalue weighted by Crippen LogP contribution is 2.19. The van der Waals surface area contributed by atoms with Gasteiger partial charge in [-0.2, -0.15) is 8.78 Å². The summed E-state index contributed by atoms with van der Waals surface area (Å²) in [6, 6.07) is 10.8. The average molecular weight is 396 g/mol. The molecule has 0 saturated carbocycles. The molecule has 0 unspecified atom stereocenters. The molecule has 0 spiro atoms. The largest absolute Gasteiger partial charge is 0.494 e. The van der Waals surface area contributed by atoms with Crippen LogP contribution in [0.25, 0.3) is 0 Å². The van der Waals surface area contributed by atoms with E-state index >= 15 is 0 Å². The van der Waals surface area contributed by atoms with Gasteiger partial charge in [0, 0.05) is 20.1 Å². The minimum atomic E-state index is -2.87. The van der Waals surface area contributed by atoms with Crippen molar-refractivity contribution in [1.82, 2.24) is 9.80 Å². The van der Waals surface area contributed by atoms with Crippen LogP contribution in [0.15, 0.2) is 42.5 Å². The van der Waals surface area contributed by atoms with E-state index in [4.69, 9.17) is 4.74 Å². The molecule has 0 saturated heterocycles. The first-order valence-corrected chi connectivity index (χ1v) is 8.57. The second kappa shape index (κ2) is 9.98. The number of nitrogens with zero attached hydrogens (tertiary/aromatic N) is 2. The van der Waals surface area contributed by atoms with Gasteiger partial charge in [-0.15, -0.1) is 0 Å². The van der Waals surface area contributed by atoms with Crippen molar-refractivity contribution in [2.24, 2.45) is 0 Å². The van der Waals surface area contributed by atoms with Crippen molar-refractivity contribution in [3.63, 3.8) is 0 Å². The van der Waals surface area contributed by atoms with Crippen LogP contribution < -0.4 is 9.47 Å². The van der Waals surface area contributed by atoms with Gasteiger partial charge in [-0.3, -0.25) is 9.69 Å². The molecule has 2 aromatic carbocycles. The number of hydrogen-bond donors (Lipinski definition) is 0. The highest BCUT2D eigenvalue weighted by Gasteiger charge is 2.14. The molecule has 0 heterocycles. The molecule has 0 aliphatic carbocycles. The van der Waals surface area contributed by atoms with Gasteiger partial charge >= 0.3 is 6.61 Å². The fourth-order valence-corrected chi connectivity index (χ4v) is 2.67. The van der Waals surface area contributed by atoms with E-state index in [1.165, 1.54) is 30.2 Å². The van der Waals surface area contributed by atoms with Crippen molar-refractivity contribution in [2.75, 3.05) is 27.7 Å². The smallest absolute Gasteiger partial charge is 0.387 e. The Balaban J connectivity index is 1.86. The predicted molar refractivity (Wildman–Crippen MR) is 98.8 cm³/mol. The van der Waals surface area contributed by atoms with E-state index in [1.54, 1.807) is 43.3 Å². The van der Waals surface area contributed by atoms with Gasteiger partial charge in [-0.05, 0) is 42.4 Å². The molecule has 0 fully saturated rings. The Morgan fingerprint density at radius 2 is 1.68 bits per heavy atom. The summed E-state index contributed by atoms with van der Waals surface area (Å²) in [6.07, 6.45) is 0. The van der Waals surface area contributed by atoms with Crippen molar-refractivity contribution in [1.29, 1.82) is 0 Å². The number of halogens is 3. The minimum absolute atomic E-state index is 0.0687. The molecule has 0 aromatic heterocycles. The third-order valence-electron chi connectivity index (χ3n) is 4.07. The standard InChI is InChI=1S/C20H23F3N2O3/c1-24(11-15-6-9-18(27-3)17(21)10-15)13-19(26)25(2)12-14-4-7-16(8-5-14)28-20(22)23/h4-10,20H,11-13H2,1-3H3. The van der Waals surface area contributed by atoms with Crippen LogP contribution in [0.4, 0.5) is 13.2 Å². The van der Waals surface area contributed by atoms with Gasteiger partial charge in [-0.1, -0.05) is 18.2 Å². The first-order valence-electron chi connectivity index (χ1n) is 8.57. The Morgan fingerprint density at radius 1 is 1.04 bits per heavy atom. The van der Waals surface area contributed by atoms with E-state index in [1.807, 2.05) is 0 Å². The van der Waals surface area contributed by atoms with Crippen LogP contribution in [0.5, 0.6) is 11.5 Å². The molecule has 0 bridgehead atoms. The normalized spacial score (nSPS) is 11.0. The first-order chi connectivity index (χ1) is 13.3. The molecule has 2 rings (SSSR count). The number of benzene rings is 2. The third-order valence-corrected chi connectivity index (χ3v) is 4.07. The molecule has 0 N–H and O–H groups in total. The Hall–Kier alpha value is -2.74. The van der Waals surface area contributed by atoms with E-state index < -0.39 is 12.4 Å². The fraction of sp³-hybridized carbons (Fsp3) is 0.350. The zero-order valence-corrected chi connectivity index (χ0v) is 16.0. The quantitative estimate of drug-likeness (QED) is 0.650. The van der Waals surface area contributed by atoms with Gasteiger partial charge < -0.3 is 14.4 Å². The first kappa shape index (κ1) is 21.6. The number of hydrogen-bond acceptors (Lipinski definition) is 4. The van der Waals surface area contributed by atoms with Crippen LogP contribution in [0.3, 0.4) is 0 Å². The monoisotopic (exact) mass is 396 g/mol. The lowest BCUT2D eigenvalue weighted by molar-refractivity contribution is -0.131. The molecule has 2 aromatic rings. The van der Waals surface area contributed by atoms with E-state index in [0.29, 0.717) is 13.1 Å². The highest BCUT2D eigenvalue weighted by molar-refractivity contribution is 5.77. The molecular formula is C20H23F3N2O3. The third kappa shape index (κ3) is 6.45. The maximum atomic E-state index is 13.8. The van der Waals surface area contributed by atoms with E-state index in [2.05, 4.69) is 4.74 Å². The van der Waals surface area contributed by atoms with Crippen LogP contribution in [0.1, 0.15) is 11.1 Å². The maximum Gasteiger partial charge on any atom is 0.387 e. The number of carbonyl (C=O) groups is 1. The van der Waals surface area contributed by atoms with Crippen molar-refractivity contribution < 1.29 is 27.4 Å². The lowest BCUT2D eigenvalue weighted by Gasteiger charge is -2.22. The average Bonchev–Trinajstić information content (AvgIpc) is 2.63. The Morgan fingerprint density at radius 3 is 2.25 bits per heavy atom. The fourth-order valence-electron chi connectivity index (χ4n) is 2.67. The molecular weight excluding hydrogens is 373 g/mol. The summed E-state index contributed by atoms with van der Waals surface area (Å²) in [7, 11) is 4.83. The number of likely N-dealkylation sites (N-methyl/N-ethyl adjacent to an activating group) is 2. The Bertz CT molecular complexity index is 785. The van der Waals surface area contributed by atoms with Crippen LogP contribution >= 0.6 is 0 Å². The molecule has 1 amide bonds. The van der Waals surface area contributed by atoms with Crippen LogP contribution in [-0.4, -0.2) is 50.1 Å². The van der Waals surface area contributed by atoms with E-state index in [0.717, 1.165) is 11.1 Å². The summed E-state index contributed by atoms with van der Waals surface area (Å²) in [5.41, 5.74) is 1.52. The molecule has 152 valence electrons. The number of ether oxygens (including phenoxy) is 2. The predicted octanol–water partition coefficient (Wildman–Crippen LogP) is 3.53. The number of alkyl halides is 2. The summed E-state index contributed by atoms with van der Waals surface area (Å²) >= 11 is 0. The van der Waals surface area contributed by atoms with Gasteiger partial charge in [0.1, 0.15) is 5.75 Å². The van der Waals surface area contributed by atoms with Crippen molar-refractivity contribution in [3.05, 3.63) is 59.4 Å². The van der Waals surface area contributed by atoms with Crippen molar-refractivity contribution in [3.8, 4) is 11.5 Å². The number of carbonyl (C=O) groups excluding carboxylic acids is 1. The number of amides is 1. The lowest BCUT2D eigenvalue weighted by Crippen LogP contribution is -2.36. The highest BCUT2D eigenvalue weighted by atomic mass is 19.3. The Kier molecular flexibility index (Phi) is 7.69. The number of methoxy groups -OCH3 is 1. The molecule has 5 nitrogen and oxygen atoms in total. The molecule has 0 radical (unpaired) electrons. The van der Waals surface area contributed by atoms with Crippen molar-refractivity contribution in [2.45, 2.75) is 19.7 Å². The van der Waals surface area contributed by atoms with Gasteiger partial charge in [0.2, 0.25) is 5.91 Å². The molecule has 0 atom stereocenters. The van der Waals surface area contributed by atoms with Crippen LogP contribution in [0.2, 0.25) is 0 Å². The van der Waals surface area contributed by atoms with Crippen LogP contribution in [-0.2, 0) is 17.9 Å². The lowest BCUT2D eigenvalue weighted by atomic mass is 10.2. The topological polar surface area (TPSA) is 42.0 Å². The van der Waals surface area contributed by atoms with Gasteiger partial charge in [0.05, 0.1) is 13.7 Å². The molecule has 0 aliphatic rings. The van der Waals surface area contributed by atoms with Gasteiger partial charge in [0.25, 0.3) is 0 Å². The SMILES string of the molecule is COc1ccc(CN(C)CC(=O)N(C)Cc2ccc(OC(F)F)cc2)cc1F. The minimum Gasteiger partial charge on any atom is -0.494 e. The molecule has 8 heteroatoms. The zero-order valence-electron chi connectivity index (χ0n) is 16.0. The summed E-state index contributed by atoms with van der Waals surface area (Å²) in [5.74, 6) is -0.327.